The Hall–Kier alpha value is -0.940. The summed E-state index contributed by atoms with van der Waals surface area (Å²) in [5, 5.41) is 5.49. The summed E-state index contributed by atoms with van der Waals surface area (Å²) in [4.78, 5) is 15.9. The monoisotopic (exact) mass is 239 g/mol. The van der Waals surface area contributed by atoms with Crippen molar-refractivity contribution in [3.8, 4) is 0 Å². The topological polar surface area (TPSA) is 68.0 Å². The third-order valence-corrected chi connectivity index (χ3v) is 3.84. The van der Waals surface area contributed by atoms with Crippen LogP contribution in [0.3, 0.4) is 0 Å². The van der Waals surface area contributed by atoms with Crippen LogP contribution in [-0.4, -0.2) is 17.4 Å². The average Bonchev–Trinajstić information content (AvgIpc) is 3.03. The van der Waals surface area contributed by atoms with Crippen LogP contribution in [0, 0.1) is 11.8 Å². The molecule has 88 valence electrons. The minimum Gasteiger partial charge on any atom is -0.350 e. The minimum atomic E-state index is -0.0801. The molecule has 0 aliphatic heterocycles. The fraction of sp³-hybridized carbons (Fsp3) is 0.636. The zero-order valence-corrected chi connectivity index (χ0v) is 10.2. The molecule has 0 bridgehead atoms. The summed E-state index contributed by atoms with van der Waals surface area (Å²) in [6.45, 7) is 3.33. The Morgan fingerprint density at radius 2 is 2.50 bits per heavy atom. The van der Waals surface area contributed by atoms with Gasteiger partial charge in [-0.15, -0.1) is 11.3 Å². The van der Waals surface area contributed by atoms with Gasteiger partial charge in [-0.3, -0.25) is 4.79 Å². The summed E-state index contributed by atoms with van der Waals surface area (Å²) < 4.78 is 0. The molecule has 0 saturated heterocycles. The normalized spacial score (nSPS) is 17.1. The van der Waals surface area contributed by atoms with E-state index in [-0.39, 0.29) is 5.91 Å². The van der Waals surface area contributed by atoms with Crippen LogP contribution in [-0.2, 0) is 6.54 Å². The molecule has 1 atom stereocenters. The van der Waals surface area contributed by atoms with Crippen molar-refractivity contribution >= 4 is 17.2 Å². The van der Waals surface area contributed by atoms with Crippen LogP contribution < -0.4 is 11.1 Å². The molecule has 2 rings (SSSR count). The lowest BCUT2D eigenvalue weighted by Crippen LogP contribution is -2.29. The predicted octanol–water partition coefficient (Wildman–Crippen LogP) is 1.38. The number of nitrogens with two attached hydrogens (primary N) is 1. The van der Waals surface area contributed by atoms with Gasteiger partial charge < -0.3 is 11.1 Å². The second kappa shape index (κ2) is 4.93. The first-order valence-electron chi connectivity index (χ1n) is 5.63. The molecule has 0 spiro atoms. The Bertz CT molecular complexity index is 373. The van der Waals surface area contributed by atoms with E-state index in [0.29, 0.717) is 18.2 Å². The van der Waals surface area contributed by atoms with Crippen LogP contribution >= 0.6 is 11.3 Å². The van der Waals surface area contributed by atoms with Crippen molar-refractivity contribution in [3.63, 3.8) is 0 Å². The molecule has 0 aromatic carbocycles. The fourth-order valence-electron chi connectivity index (χ4n) is 1.69. The zero-order chi connectivity index (χ0) is 11.5. The van der Waals surface area contributed by atoms with Gasteiger partial charge in [0.25, 0.3) is 5.91 Å². The van der Waals surface area contributed by atoms with Gasteiger partial charge in [0.15, 0.2) is 0 Å². The predicted molar refractivity (Wildman–Crippen MR) is 64.2 cm³/mol. The average molecular weight is 239 g/mol. The van der Waals surface area contributed by atoms with E-state index in [2.05, 4.69) is 17.2 Å². The van der Waals surface area contributed by atoms with Crippen molar-refractivity contribution in [2.24, 2.45) is 17.6 Å². The van der Waals surface area contributed by atoms with E-state index < -0.39 is 0 Å². The van der Waals surface area contributed by atoms with Crippen LogP contribution in [0.1, 0.15) is 35.3 Å². The maximum atomic E-state index is 11.7. The molecule has 16 heavy (non-hydrogen) atoms. The summed E-state index contributed by atoms with van der Waals surface area (Å²) in [5.74, 6) is 1.32. The van der Waals surface area contributed by atoms with Crippen LogP contribution in [0.15, 0.2) is 5.38 Å². The molecule has 1 fully saturated rings. The first-order valence-corrected chi connectivity index (χ1v) is 6.51. The van der Waals surface area contributed by atoms with Crippen molar-refractivity contribution in [1.82, 2.24) is 10.3 Å². The number of amides is 1. The number of thiazole rings is 1. The third kappa shape index (κ3) is 2.80. The Labute approximate surface area is 99.3 Å². The highest BCUT2D eigenvalue weighted by Crippen LogP contribution is 2.36. The summed E-state index contributed by atoms with van der Waals surface area (Å²) in [6, 6.07) is 0. The van der Waals surface area contributed by atoms with E-state index in [1.807, 2.05) is 0 Å². The standard InChI is InChI=1S/C11H17N3OS/c1-7(8-2-3-8)5-13-11(15)9-6-16-10(4-12)14-9/h6-8H,2-5,12H2,1H3,(H,13,15). The SMILES string of the molecule is CC(CNC(=O)c1csc(CN)n1)C1CC1. The van der Waals surface area contributed by atoms with Gasteiger partial charge in [0.1, 0.15) is 10.7 Å². The maximum absolute atomic E-state index is 11.7. The second-order valence-corrected chi connectivity index (χ2v) is 5.30. The van der Waals surface area contributed by atoms with Gasteiger partial charge in [0.2, 0.25) is 0 Å². The number of rotatable bonds is 5. The van der Waals surface area contributed by atoms with E-state index in [0.717, 1.165) is 17.5 Å². The molecule has 1 saturated carbocycles. The summed E-state index contributed by atoms with van der Waals surface area (Å²) in [6.07, 6.45) is 2.62. The van der Waals surface area contributed by atoms with Gasteiger partial charge in [0, 0.05) is 18.5 Å². The van der Waals surface area contributed by atoms with Gasteiger partial charge in [-0.2, -0.15) is 0 Å². The van der Waals surface area contributed by atoms with Gasteiger partial charge in [-0.25, -0.2) is 4.98 Å². The molecule has 1 aromatic rings. The van der Waals surface area contributed by atoms with Crippen LogP contribution in [0.4, 0.5) is 0 Å². The van der Waals surface area contributed by atoms with Gasteiger partial charge in [-0.05, 0) is 24.7 Å². The maximum Gasteiger partial charge on any atom is 0.270 e. The van der Waals surface area contributed by atoms with Crippen molar-refractivity contribution in [1.29, 1.82) is 0 Å². The quantitative estimate of drug-likeness (QED) is 0.815. The highest BCUT2D eigenvalue weighted by molar-refractivity contribution is 7.09. The molecule has 1 aromatic heterocycles. The number of carbonyl (C=O) groups excluding carboxylic acids is 1. The van der Waals surface area contributed by atoms with Gasteiger partial charge in [-0.1, -0.05) is 6.92 Å². The van der Waals surface area contributed by atoms with Crippen LogP contribution in [0.2, 0.25) is 0 Å². The molecular weight excluding hydrogens is 222 g/mol. The number of carbonyl (C=O) groups is 1. The molecule has 4 nitrogen and oxygen atoms in total. The second-order valence-electron chi connectivity index (χ2n) is 4.36. The molecule has 1 aliphatic rings. The number of nitrogens with one attached hydrogen (secondary N) is 1. The molecule has 5 heteroatoms. The van der Waals surface area contributed by atoms with Crippen molar-refractivity contribution < 1.29 is 4.79 Å². The van der Waals surface area contributed by atoms with Crippen molar-refractivity contribution in [3.05, 3.63) is 16.1 Å². The Morgan fingerprint density at radius 3 is 3.06 bits per heavy atom. The molecule has 1 heterocycles. The Morgan fingerprint density at radius 1 is 1.75 bits per heavy atom. The highest BCUT2D eigenvalue weighted by Gasteiger charge is 2.28. The molecule has 3 N–H and O–H groups in total. The van der Waals surface area contributed by atoms with Gasteiger partial charge >= 0.3 is 0 Å². The lowest BCUT2D eigenvalue weighted by Gasteiger charge is -2.10. The molecule has 1 aliphatic carbocycles. The first kappa shape index (κ1) is 11.5. The lowest BCUT2D eigenvalue weighted by molar-refractivity contribution is 0.0942. The summed E-state index contributed by atoms with van der Waals surface area (Å²) in [5.41, 5.74) is 5.94. The number of aromatic nitrogens is 1. The third-order valence-electron chi connectivity index (χ3n) is 2.97. The Kier molecular flexibility index (Phi) is 3.56. The molecule has 1 amide bonds. The van der Waals surface area contributed by atoms with E-state index >= 15 is 0 Å². The van der Waals surface area contributed by atoms with Crippen LogP contribution in [0.5, 0.6) is 0 Å². The van der Waals surface area contributed by atoms with E-state index in [1.165, 1.54) is 24.2 Å². The zero-order valence-electron chi connectivity index (χ0n) is 9.40. The Balaban J connectivity index is 1.82. The van der Waals surface area contributed by atoms with Crippen molar-refractivity contribution in [2.45, 2.75) is 26.3 Å². The molecule has 1 unspecified atom stereocenters. The summed E-state index contributed by atoms with van der Waals surface area (Å²) in [7, 11) is 0. The number of hydrogen-bond donors (Lipinski definition) is 2. The fourth-order valence-corrected chi connectivity index (χ4v) is 2.34. The van der Waals surface area contributed by atoms with Crippen molar-refractivity contribution in [2.75, 3.05) is 6.54 Å². The van der Waals surface area contributed by atoms with Crippen LogP contribution in [0.25, 0.3) is 0 Å². The van der Waals surface area contributed by atoms with E-state index in [4.69, 9.17) is 5.73 Å². The summed E-state index contributed by atoms with van der Waals surface area (Å²) >= 11 is 1.43. The highest BCUT2D eigenvalue weighted by atomic mass is 32.1. The van der Waals surface area contributed by atoms with E-state index in [9.17, 15) is 4.79 Å². The lowest BCUT2D eigenvalue weighted by atomic mass is 10.1. The molecular formula is C11H17N3OS. The smallest absolute Gasteiger partial charge is 0.270 e. The number of nitrogens with zero attached hydrogens (tertiary/aromatic N) is 1. The van der Waals surface area contributed by atoms with E-state index in [1.54, 1.807) is 5.38 Å². The van der Waals surface area contributed by atoms with Gasteiger partial charge in [0.05, 0.1) is 0 Å². The minimum absolute atomic E-state index is 0.0801. The number of hydrogen-bond acceptors (Lipinski definition) is 4. The first-order chi connectivity index (χ1) is 7.70. The largest absolute Gasteiger partial charge is 0.350 e. The molecule has 0 radical (unpaired) electrons.